The fourth-order valence-corrected chi connectivity index (χ4v) is 4.40. The molecule has 2 amide bonds. The number of aryl methyl sites for hydroxylation is 2. The number of rotatable bonds is 5. The highest BCUT2D eigenvalue weighted by atomic mass is 32.2. The van der Waals surface area contributed by atoms with Crippen molar-refractivity contribution in [2.75, 3.05) is 0 Å². The van der Waals surface area contributed by atoms with Crippen molar-refractivity contribution in [3.63, 3.8) is 0 Å². The lowest BCUT2D eigenvalue weighted by molar-refractivity contribution is -0.167. The number of hydrogen-bond acceptors (Lipinski definition) is 5. The first-order valence-electron chi connectivity index (χ1n) is 9.44. The largest absolute Gasteiger partial charge is 0.350 e. The van der Waals surface area contributed by atoms with Crippen LogP contribution in [0, 0.1) is 13.8 Å². The van der Waals surface area contributed by atoms with Crippen molar-refractivity contribution in [1.29, 1.82) is 0 Å². The average molecular weight is 417 g/mol. The molecule has 30 heavy (non-hydrogen) atoms. The molecule has 0 aromatic heterocycles. The van der Waals surface area contributed by atoms with Crippen molar-refractivity contribution in [2.45, 2.75) is 24.0 Å². The van der Waals surface area contributed by atoms with Crippen molar-refractivity contribution in [3.8, 4) is 0 Å². The van der Waals surface area contributed by atoms with Crippen LogP contribution in [0.3, 0.4) is 0 Å². The summed E-state index contributed by atoms with van der Waals surface area (Å²) in [5.74, 6) is -1.94. The topological polar surface area (TPSA) is 63.7 Å². The van der Waals surface area contributed by atoms with Crippen LogP contribution in [0.25, 0.3) is 0 Å². The van der Waals surface area contributed by atoms with Crippen molar-refractivity contribution in [1.82, 2.24) is 5.06 Å². The van der Waals surface area contributed by atoms with E-state index in [1.54, 1.807) is 24.3 Å². The van der Waals surface area contributed by atoms with Crippen LogP contribution in [0.5, 0.6) is 0 Å². The first-order chi connectivity index (χ1) is 14.5. The summed E-state index contributed by atoms with van der Waals surface area (Å²) in [7, 11) is 0. The van der Waals surface area contributed by atoms with E-state index >= 15 is 0 Å². The van der Waals surface area contributed by atoms with Gasteiger partial charge >= 0.3 is 5.97 Å². The number of thioether (sulfide) groups is 1. The maximum absolute atomic E-state index is 13.1. The number of imide groups is 1. The van der Waals surface area contributed by atoms with Crippen LogP contribution in [-0.2, 0) is 9.63 Å². The lowest BCUT2D eigenvalue weighted by Crippen LogP contribution is -2.34. The summed E-state index contributed by atoms with van der Waals surface area (Å²) in [5, 5.41) is -0.178. The van der Waals surface area contributed by atoms with Crippen LogP contribution in [0.1, 0.15) is 42.7 Å². The third-order valence-corrected chi connectivity index (χ3v) is 6.24. The number of carbonyl (C=O) groups is 3. The van der Waals surface area contributed by atoms with Gasteiger partial charge in [0, 0.05) is 4.90 Å². The first kappa shape index (κ1) is 19.9. The summed E-state index contributed by atoms with van der Waals surface area (Å²) in [6.07, 6.45) is 0. The smallest absolute Gasteiger partial charge is 0.328 e. The Morgan fingerprint density at radius 3 is 2.07 bits per heavy atom. The van der Waals surface area contributed by atoms with Gasteiger partial charge in [-0.2, -0.15) is 0 Å². The molecule has 3 aromatic carbocycles. The molecule has 1 heterocycles. The fourth-order valence-electron chi connectivity index (χ4n) is 3.33. The van der Waals surface area contributed by atoms with E-state index in [1.807, 2.05) is 62.4 Å². The number of hydrogen-bond donors (Lipinski definition) is 0. The molecule has 4 rings (SSSR count). The number of fused-ring (bicyclic) bond motifs is 1. The van der Waals surface area contributed by atoms with E-state index in [0.29, 0.717) is 5.06 Å². The number of amides is 2. The van der Waals surface area contributed by atoms with Gasteiger partial charge in [-0.1, -0.05) is 65.2 Å². The molecule has 0 spiro atoms. The second-order valence-corrected chi connectivity index (χ2v) is 8.19. The zero-order valence-electron chi connectivity index (χ0n) is 16.5. The van der Waals surface area contributed by atoms with E-state index in [-0.39, 0.29) is 11.1 Å². The molecular formula is C24H19NO4S. The third kappa shape index (κ3) is 3.74. The minimum atomic E-state index is -0.739. The van der Waals surface area contributed by atoms with Gasteiger partial charge in [0.2, 0.25) is 0 Å². The Bertz CT molecular complexity index is 1110. The Morgan fingerprint density at radius 1 is 0.867 bits per heavy atom. The van der Waals surface area contributed by atoms with E-state index in [0.717, 1.165) is 21.6 Å². The van der Waals surface area contributed by atoms with E-state index in [9.17, 15) is 14.4 Å². The quantitative estimate of drug-likeness (QED) is 0.437. The Labute approximate surface area is 178 Å². The second-order valence-electron chi connectivity index (χ2n) is 7.04. The monoisotopic (exact) mass is 417 g/mol. The molecule has 0 saturated carbocycles. The molecule has 5 nitrogen and oxygen atoms in total. The maximum atomic E-state index is 13.1. The molecule has 150 valence electrons. The highest BCUT2D eigenvalue weighted by Crippen LogP contribution is 2.38. The van der Waals surface area contributed by atoms with Gasteiger partial charge in [0.25, 0.3) is 11.8 Å². The predicted molar refractivity (Wildman–Crippen MR) is 114 cm³/mol. The van der Waals surface area contributed by atoms with Crippen LogP contribution < -0.4 is 0 Å². The molecule has 0 bridgehead atoms. The predicted octanol–water partition coefficient (Wildman–Crippen LogP) is 4.89. The molecule has 6 heteroatoms. The normalized spacial score (nSPS) is 13.9. The number of carbonyl (C=O) groups excluding carboxylic acids is 3. The Hall–Kier alpha value is -3.38. The summed E-state index contributed by atoms with van der Waals surface area (Å²) in [4.78, 5) is 44.6. The molecule has 3 aromatic rings. The lowest BCUT2D eigenvalue weighted by atomic mass is 10.1. The number of hydroxylamine groups is 2. The first-order valence-corrected chi connectivity index (χ1v) is 10.3. The minimum absolute atomic E-state index is 0.230. The maximum Gasteiger partial charge on any atom is 0.350 e. The SMILES string of the molecule is Cc1ccc(SC(C(=O)ON2C(=O)c3ccccc3C2=O)c2ccccc2)c(C)c1. The molecule has 1 aliphatic rings. The van der Waals surface area contributed by atoms with Crippen LogP contribution in [0.15, 0.2) is 77.7 Å². The van der Waals surface area contributed by atoms with Gasteiger partial charge in [0.1, 0.15) is 5.25 Å². The molecular weight excluding hydrogens is 398 g/mol. The van der Waals surface area contributed by atoms with Crippen LogP contribution in [-0.4, -0.2) is 22.8 Å². The van der Waals surface area contributed by atoms with Gasteiger partial charge < -0.3 is 4.84 Å². The molecule has 0 N–H and O–H groups in total. The average Bonchev–Trinajstić information content (AvgIpc) is 2.99. The summed E-state index contributed by atoms with van der Waals surface area (Å²) in [6.45, 7) is 3.99. The summed E-state index contributed by atoms with van der Waals surface area (Å²) in [6, 6.07) is 21.6. The Morgan fingerprint density at radius 2 is 1.47 bits per heavy atom. The molecule has 0 radical (unpaired) electrons. The van der Waals surface area contributed by atoms with Gasteiger partial charge in [-0.25, -0.2) is 4.79 Å². The van der Waals surface area contributed by atoms with Gasteiger partial charge in [0.05, 0.1) is 11.1 Å². The number of nitrogens with zero attached hydrogens (tertiary/aromatic N) is 1. The second kappa shape index (κ2) is 8.16. The fraction of sp³-hybridized carbons (Fsp3) is 0.125. The Balaban J connectivity index is 1.62. The summed E-state index contributed by atoms with van der Waals surface area (Å²) < 4.78 is 0. The van der Waals surface area contributed by atoms with E-state index in [2.05, 4.69) is 0 Å². The molecule has 0 fully saturated rings. The standard InChI is InChI=1S/C24H19NO4S/c1-15-12-13-20(16(2)14-15)30-21(17-8-4-3-5-9-17)24(28)29-25-22(26)18-10-6-7-11-19(18)23(25)27/h3-14,21H,1-2H3. The van der Waals surface area contributed by atoms with Crippen LogP contribution in [0.4, 0.5) is 0 Å². The minimum Gasteiger partial charge on any atom is -0.328 e. The summed E-state index contributed by atoms with van der Waals surface area (Å²) >= 11 is 1.33. The van der Waals surface area contributed by atoms with E-state index in [4.69, 9.17) is 4.84 Å². The van der Waals surface area contributed by atoms with Crippen molar-refractivity contribution in [3.05, 3.63) is 101 Å². The van der Waals surface area contributed by atoms with E-state index in [1.165, 1.54) is 11.8 Å². The van der Waals surface area contributed by atoms with Crippen molar-refractivity contribution in [2.24, 2.45) is 0 Å². The lowest BCUT2D eigenvalue weighted by Gasteiger charge is -2.20. The highest BCUT2D eigenvalue weighted by Gasteiger charge is 2.40. The Kier molecular flexibility index (Phi) is 5.42. The van der Waals surface area contributed by atoms with Crippen LogP contribution in [0.2, 0.25) is 0 Å². The summed E-state index contributed by atoms with van der Waals surface area (Å²) in [5.41, 5.74) is 3.35. The molecule has 0 saturated heterocycles. The number of benzene rings is 3. The zero-order valence-corrected chi connectivity index (χ0v) is 17.3. The highest BCUT2D eigenvalue weighted by molar-refractivity contribution is 8.00. The molecule has 1 unspecified atom stereocenters. The third-order valence-electron chi connectivity index (χ3n) is 4.83. The van der Waals surface area contributed by atoms with Gasteiger partial charge in [-0.3, -0.25) is 9.59 Å². The molecule has 1 aliphatic heterocycles. The molecule has 1 atom stereocenters. The van der Waals surface area contributed by atoms with Crippen LogP contribution >= 0.6 is 11.8 Å². The van der Waals surface area contributed by atoms with Gasteiger partial charge in [0.15, 0.2) is 0 Å². The van der Waals surface area contributed by atoms with Crippen molar-refractivity contribution >= 4 is 29.5 Å². The van der Waals surface area contributed by atoms with Gasteiger partial charge in [-0.15, -0.1) is 11.8 Å². The van der Waals surface area contributed by atoms with Gasteiger partial charge in [-0.05, 0) is 43.2 Å². The van der Waals surface area contributed by atoms with E-state index < -0.39 is 23.0 Å². The van der Waals surface area contributed by atoms with Crippen molar-refractivity contribution < 1.29 is 19.2 Å². The molecule has 0 aliphatic carbocycles. The zero-order chi connectivity index (χ0) is 21.3.